The van der Waals surface area contributed by atoms with Crippen LogP contribution in [0.4, 0.5) is 0 Å². The first-order chi connectivity index (χ1) is 9.12. The molecule has 0 aliphatic heterocycles. The molecule has 1 atom stereocenters. The van der Waals surface area contributed by atoms with Crippen LogP contribution in [0, 0.1) is 6.92 Å². The van der Waals surface area contributed by atoms with Gasteiger partial charge in [-0.2, -0.15) is 10.2 Å². The molecule has 2 heterocycles. The predicted molar refractivity (Wildman–Crippen MR) is 73.3 cm³/mol. The fourth-order valence-corrected chi connectivity index (χ4v) is 2.39. The Bertz CT molecular complexity index is 557. The molecule has 0 fully saturated rings. The van der Waals surface area contributed by atoms with Crippen molar-refractivity contribution in [1.29, 1.82) is 0 Å². The molecule has 19 heavy (non-hydrogen) atoms. The standard InChI is InChI=1S/C13H21N5O/c1-6-18-10(7-9(2)16-18)12(14-3)13-11(19-5)8-15-17(13)4/h7-8,12,14H,6H2,1-5H3. The number of nitrogens with zero attached hydrogens (tertiary/aromatic N) is 4. The minimum absolute atomic E-state index is 0.00333. The largest absolute Gasteiger partial charge is 0.493 e. The van der Waals surface area contributed by atoms with Crippen molar-refractivity contribution in [1.82, 2.24) is 24.9 Å². The lowest BCUT2D eigenvalue weighted by Crippen LogP contribution is -2.24. The van der Waals surface area contributed by atoms with E-state index < -0.39 is 0 Å². The van der Waals surface area contributed by atoms with E-state index in [2.05, 4.69) is 28.5 Å². The Kier molecular flexibility index (Phi) is 3.90. The second-order valence-corrected chi connectivity index (χ2v) is 4.47. The van der Waals surface area contributed by atoms with Gasteiger partial charge in [-0.15, -0.1) is 0 Å². The lowest BCUT2D eigenvalue weighted by Gasteiger charge is -2.19. The van der Waals surface area contributed by atoms with Crippen LogP contribution in [-0.2, 0) is 13.6 Å². The van der Waals surface area contributed by atoms with E-state index in [9.17, 15) is 0 Å². The smallest absolute Gasteiger partial charge is 0.161 e. The number of methoxy groups -OCH3 is 1. The Morgan fingerprint density at radius 1 is 1.47 bits per heavy atom. The molecule has 6 heteroatoms. The van der Waals surface area contributed by atoms with Gasteiger partial charge in [0.15, 0.2) is 5.75 Å². The monoisotopic (exact) mass is 263 g/mol. The molecule has 2 rings (SSSR count). The molecule has 0 radical (unpaired) electrons. The minimum atomic E-state index is 0.00333. The fraction of sp³-hybridized carbons (Fsp3) is 0.538. The van der Waals surface area contributed by atoms with Crippen molar-refractivity contribution in [3.05, 3.63) is 29.3 Å². The first-order valence-corrected chi connectivity index (χ1v) is 6.39. The van der Waals surface area contributed by atoms with Gasteiger partial charge in [0.05, 0.1) is 30.7 Å². The molecule has 0 bridgehead atoms. The van der Waals surface area contributed by atoms with E-state index >= 15 is 0 Å². The van der Waals surface area contributed by atoms with E-state index in [4.69, 9.17) is 4.74 Å². The van der Waals surface area contributed by atoms with E-state index in [0.717, 1.165) is 29.4 Å². The first kappa shape index (κ1) is 13.6. The zero-order chi connectivity index (χ0) is 14.0. The summed E-state index contributed by atoms with van der Waals surface area (Å²) in [5, 5.41) is 12.1. The molecular formula is C13H21N5O. The molecular weight excluding hydrogens is 242 g/mol. The Morgan fingerprint density at radius 3 is 2.79 bits per heavy atom. The fourth-order valence-electron chi connectivity index (χ4n) is 2.39. The molecule has 0 saturated heterocycles. The van der Waals surface area contributed by atoms with Crippen LogP contribution >= 0.6 is 0 Å². The summed E-state index contributed by atoms with van der Waals surface area (Å²) >= 11 is 0. The molecule has 0 saturated carbocycles. The second-order valence-electron chi connectivity index (χ2n) is 4.47. The highest BCUT2D eigenvalue weighted by Crippen LogP contribution is 2.29. The molecule has 0 spiro atoms. The van der Waals surface area contributed by atoms with Crippen molar-refractivity contribution in [2.75, 3.05) is 14.2 Å². The zero-order valence-electron chi connectivity index (χ0n) is 12.1. The summed E-state index contributed by atoms with van der Waals surface area (Å²) in [5.41, 5.74) is 3.13. The Hall–Kier alpha value is -1.82. The third-order valence-corrected chi connectivity index (χ3v) is 3.26. The van der Waals surface area contributed by atoms with Crippen molar-refractivity contribution in [2.45, 2.75) is 26.4 Å². The molecule has 0 aliphatic rings. The van der Waals surface area contributed by atoms with Gasteiger partial charge in [0.25, 0.3) is 0 Å². The maximum atomic E-state index is 5.40. The Balaban J connectivity index is 2.52. The van der Waals surface area contributed by atoms with E-state index in [-0.39, 0.29) is 6.04 Å². The van der Waals surface area contributed by atoms with Gasteiger partial charge in [0, 0.05) is 13.6 Å². The minimum Gasteiger partial charge on any atom is -0.493 e. The number of nitrogens with one attached hydrogen (secondary N) is 1. The van der Waals surface area contributed by atoms with Gasteiger partial charge in [-0.1, -0.05) is 0 Å². The third-order valence-electron chi connectivity index (χ3n) is 3.26. The normalized spacial score (nSPS) is 12.7. The SMILES string of the molecule is CCn1nc(C)cc1C(NC)c1c(OC)cnn1C. The molecule has 2 aromatic heterocycles. The van der Waals surface area contributed by atoms with E-state index in [1.165, 1.54) is 0 Å². The molecule has 1 N–H and O–H groups in total. The number of aromatic nitrogens is 4. The molecule has 0 aromatic carbocycles. The molecule has 0 amide bonds. The summed E-state index contributed by atoms with van der Waals surface area (Å²) in [6.07, 6.45) is 1.74. The van der Waals surface area contributed by atoms with Crippen LogP contribution in [0.3, 0.4) is 0 Å². The number of hydrogen-bond donors (Lipinski definition) is 1. The first-order valence-electron chi connectivity index (χ1n) is 6.39. The van der Waals surface area contributed by atoms with Gasteiger partial charge in [0.1, 0.15) is 5.69 Å². The van der Waals surface area contributed by atoms with Crippen molar-refractivity contribution >= 4 is 0 Å². The Morgan fingerprint density at radius 2 is 2.21 bits per heavy atom. The maximum absolute atomic E-state index is 5.40. The average Bonchev–Trinajstić information content (AvgIpc) is 2.95. The van der Waals surface area contributed by atoms with Gasteiger partial charge in [-0.25, -0.2) is 0 Å². The molecule has 0 aliphatic carbocycles. The quantitative estimate of drug-likeness (QED) is 0.882. The van der Waals surface area contributed by atoms with Crippen LogP contribution in [0.25, 0.3) is 0 Å². The summed E-state index contributed by atoms with van der Waals surface area (Å²) in [7, 11) is 5.51. The highest BCUT2D eigenvalue weighted by molar-refractivity contribution is 5.34. The summed E-state index contributed by atoms with van der Waals surface area (Å²) in [6.45, 7) is 4.92. The molecule has 6 nitrogen and oxygen atoms in total. The van der Waals surface area contributed by atoms with E-state index in [1.807, 2.05) is 30.4 Å². The summed E-state index contributed by atoms with van der Waals surface area (Å²) in [5.74, 6) is 0.781. The van der Waals surface area contributed by atoms with E-state index in [0.29, 0.717) is 0 Å². The lowest BCUT2D eigenvalue weighted by molar-refractivity contribution is 0.400. The van der Waals surface area contributed by atoms with Gasteiger partial charge in [0.2, 0.25) is 0 Å². The van der Waals surface area contributed by atoms with E-state index in [1.54, 1.807) is 13.3 Å². The van der Waals surface area contributed by atoms with Crippen LogP contribution in [0.15, 0.2) is 12.3 Å². The van der Waals surface area contributed by atoms with Crippen molar-refractivity contribution in [3.63, 3.8) is 0 Å². The zero-order valence-corrected chi connectivity index (χ0v) is 12.1. The predicted octanol–water partition coefficient (Wildman–Crippen LogP) is 1.26. The number of hydrogen-bond acceptors (Lipinski definition) is 4. The number of aryl methyl sites for hydroxylation is 3. The van der Waals surface area contributed by atoms with Crippen molar-refractivity contribution < 1.29 is 4.74 Å². The van der Waals surface area contributed by atoms with Gasteiger partial charge < -0.3 is 10.1 Å². The van der Waals surface area contributed by atoms with Crippen molar-refractivity contribution in [3.8, 4) is 5.75 Å². The highest BCUT2D eigenvalue weighted by atomic mass is 16.5. The summed E-state index contributed by atoms with van der Waals surface area (Å²) in [4.78, 5) is 0. The van der Waals surface area contributed by atoms with Crippen molar-refractivity contribution in [2.24, 2.45) is 7.05 Å². The highest BCUT2D eigenvalue weighted by Gasteiger charge is 2.24. The summed E-state index contributed by atoms with van der Waals surface area (Å²) < 4.78 is 9.24. The molecule has 1 unspecified atom stereocenters. The second kappa shape index (κ2) is 5.44. The molecule has 104 valence electrons. The average molecular weight is 263 g/mol. The van der Waals surface area contributed by atoms with Crippen LogP contribution in [0.1, 0.15) is 30.0 Å². The number of rotatable bonds is 5. The van der Waals surface area contributed by atoms with Gasteiger partial charge >= 0.3 is 0 Å². The van der Waals surface area contributed by atoms with Gasteiger partial charge in [-0.3, -0.25) is 9.36 Å². The topological polar surface area (TPSA) is 56.9 Å². The number of ether oxygens (including phenoxy) is 1. The summed E-state index contributed by atoms with van der Waals surface area (Å²) in [6, 6.07) is 2.10. The van der Waals surface area contributed by atoms with Crippen LogP contribution in [0.5, 0.6) is 5.75 Å². The molecule has 2 aromatic rings. The Labute approximate surface area is 113 Å². The van der Waals surface area contributed by atoms with Crippen LogP contribution in [-0.4, -0.2) is 33.7 Å². The maximum Gasteiger partial charge on any atom is 0.161 e. The van der Waals surface area contributed by atoms with Gasteiger partial charge in [-0.05, 0) is 27.0 Å². The third kappa shape index (κ3) is 2.35. The van der Waals surface area contributed by atoms with Crippen LogP contribution in [0.2, 0.25) is 0 Å². The van der Waals surface area contributed by atoms with Crippen LogP contribution < -0.4 is 10.1 Å². The lowest BCUT2D eigenvalue weighted by atomic mass is 10.1.